The van der Waals surface area contributed by atoms with Crippen molar-refractivity contribution in [3.8, 4) is 0 Å². The number of H-pyrrole nitrogens is 1. The van der Waals surface area contributed by atoms with Crippen LogP contribution in [0.25, 0.3) is 12.2 Å². The van der Waals surface area contributed by atoms with Gasteiger partial charge in [0.05, 0.1) is 12.1 Å². The molecule has 0 amide bonds. The molecular formula is C25H26N2. The van der Waals surface area contributed by atoms with E-state index in [1.807, 2.05) is 0 Å². The molecule has 6 rings (SSSR count). The first-order valence-corrected chi connectivity index (χ1v) is 10.4. The molecule has 2 heterocycles. The maximum Gasteiger partial charge on any atom is 0.0581 e. The molecule has 1 N–H and O–H groups in total. The van der Waals surface area contributed by atoms with Gasteiger partial charge in [0, 0.05) is 28.4 Å². The van der Waals surface area contributed by atoms with Crippen molar-refractivity contribution >= 4 is 12.2 Å². The lowest BCUT2D eigenvalue weighted by Gasteiger charge is -2.40. The molecule has 4 aliphatic carbocycles. The van der Waals surface area contributed by atoms with E-state index >= 15 is 0 Å². The number of nitrogens with zero attached hydrogens (tertiary/aromatic N) is 1. The summed E-state index contributed by atoms with van der Waals surface area (Å²) in [6.45, 7) is 2.52. The fourth-order valence-electron chi connectivity index (χ4n) is 6.21. The summed E-state index contributed by atoms with van der Waals surface area (Å²) in [4.78, 5) is 6.45. The largest absolute Gasteiger partial charge is 0.360 e. The Morgan fingerprint density at radius 1 is 0.963 bits per heavy atom. The van der Waals surface area contributed by atoms with Gasteiger partial charge in [0.15, 0.2) is 0 Å². The molecule has 2 nitrogen and oxygen atoms in total. The quantitative estimate of drug-likeness (QED) is 0.726. The van der Waals surface area contributed by atoms with Crippen molar-refractivity contribution in [2.75, 3.05) is 0 Å². The fourth-order valence-corrected chi connectivity index (χ4v) is 6.21. The number of hydrogen-bond acceptors (Lipinski definition) is 1. The number of aromatic nitrogens is 1. The van der Waals surface area contributed by atoms with Gasteiger partial charge in [-0.15, -0.1) is 0 Å². The second-order valence-corrected chi connectivity index (χ2v) is 8.65. The maximum absolute atomic E-state index is 3.72. The summed E-state index contributed by atoms with van der Waals surface area (Å²) in [5.41, 5.74) is 7.42. The average molecular weight is 354 g/mol. The molecule has 1 saturated heterocycles. The molecule has 0 bridgehead atoms. The van der Waals surface area contributed by atoms with Gasteiger partial charge in [0.1, 0.15) is 0 Å². The van der Waals surface area contributed by atoms with E-state index < -0.39 is 0 Å². The number of rotatable bonds is 1. The van der Waals surface area contributed by atoms with Gasteiger partial charge in [-0.05, 0) is 55.0 Å². The predicted molar refractivity (Wildman–Crippen MR) is 112 cm³/mol. The Morgan fingerprint density at radius 3 is 2.74 bits per heavy atom. The Morgan fingerprint density at radius 2 is 1.85 bits per heavy atom. The highest BCUT2D eigenvalue weighted by atomic mass is 15.2. The van der Waals surface area contributed by atoms with Gasteiger partial charge < -0.3 is 9.88 Å². The SMILES string of the molecule is CC12c3c([nH]c4c3CCC=C4)C=CC1N(C1=CC=CCC1)[C@H]1C=CC=CC12. The number of likely N-dealkylation sites (tertiary alicyclic amines) is 1. The van der Waals surface area contributed by atoms with Crippen LogP contribution in [0.15, 0.2) is 60.4 Å². The van der Waals surface area contributed by atoms with Gasteiger partial charge in [-0.3, -0.25) is 0 Å². The highest BCUT2D eigenvalue weighted by Crippen LogP contribution is 2.56. The molecule has 2 heteroatoms. The van der Waals surface area contributed by atoms with Crippen molar-refractivity contribution in [3.05, 3.63) is 82.9 Å². The molecule has 1 aromatic heterocycles. The van der Waals surface area contributed by atoms with Crippen molar-refractivity contribution in [2.24, 2.45) is 5.92 Å². The number of nitrogens with one attached hydrogen (secondary N) is 1. The molecule has 136 valence electrons. The Balaban J connectivity index is 1.57. The average Bonchev–Trinajstić information content (AvgIpc) is 3.22. The van der Waals surface area contributed by atoms with E-state index in [0.29, 0.717) is 18.0 Å². The van der Waals surface area contributed by atoms with Crippen LogP contribution in [0.1, 0.15) is 48.7 Å². The topological polar surface area (TPSA) is 19.0 Å². The Bertz CT molecular complexity index is 980. The van der Waals surface area contributed by atoms with Crippen LogP contribution in [-0.4, -0.2) is 22.0 Å². The smallest absolute Gasteiger partial charge is 0.0581 e. The first-order chi connectivity index (χ1) is 13.3. The van der Waals surface area contributed by atoms with Gasteiger partial charge in [-0.2, -0.15) is 0 Å². The van der Waals surface area contributed by atoms with E-state index in [2.05, 4.69) is 83.6 Å². The summed E-state index contributed by atoms with van der Waals surface area (Å²) >= 11 is 0. The molecule has 27 heavy (non-hydrogen) atoms. The number of aromatic amines is 1. The fraction of sp³-hybridized carbons (Fsp3) is 0.360. The zero-order valence-corrected chi connectivity index (χ0v) is 15.9. The molecule has 0 spiro atoms. The van der Waals surface area contributed by atoms with E-state index in [-0.39, 0.29) is 5.41 Å². The third kappa shape index (κ3) is 1.96. The van der Waals surface area contributed by atoms with Crippen molar-refractivity contribution < 1.29 is 0 Å². The van der Waals surface area contributed by atoms with E-state index in [1.165, 1.54) is 17.1 Å². The number of allylic oxidation sites excluding steroid dienone is 7. The summed E-state index contributed by atoms with van der Waals surface area (Å²) in [7, 11) is 0. The Kier molecular flexibility index (Phi) is 3.18. The second kappa shape index (κ2) is 5.51. The lowest BCUT2D eigenvalue weighted by atomic mass is 9.64. The molecule has 3 unspecified atom stereocenters. The first-order valence-electron chi connectivity index (χ1n) is 10.4. The molecule has 5 aliphatic rings. The van der Waals surface area contributed by atoms with Crippen LogP contribution in [0.2, 0.25) is 0 Å². The van der Waals surface area contributed by atoms with Gasteiger partial charge >= 0.3 is 0 Å². The summed E-state index contributed by atoms with van der Waals surface area (Å²) < 4.78 is 0. The van der Waals surface area contributed by atoms with E-state index in [4.69, 9.17) is 0 Å². The molecule has 0 aromatic carbocycles. The summed E-state index contributed by atoms with van der Waals surface area (Å²) in [5.74, 6) is 0.508. The monoisotopic (exact) mass is 354 g/mol. The summed E-state index contributed by atoms with van der Waals surface area (Å²) in [5, 5.41) is 0. The number of hydrogen-bond donors (Lipinski definition) is 1. The van der Waals surface area contributed by atoms with Crippen LogP contribution in [0.4, 0.5) is 0 Å². The highest BCUT2D eigenvalue weighted by Gasteiger charge is 2.58. The van der Waals surface area contributed by atoms with Crippen molar-refractivity contribution in [3.63, 3.8) is 0 Å². The molecule has 1 aliphatic heterocycles. The summed E-state index contributed by atoms with van der Waals surface area (Å²) in [6, 6.07) is 0.860. The summed E-state index contributed by atoms with van der Waals surface area (Å²) in [6.07, 6.45) is 30.3. The second-order valence-electron chi connectivity index (χ2n) is 8.65. The third-order valence-electron chi connectivity index (χ3n) is 7.35. The molecule has 4 atom stereocenters. The molecule has 0 saturated carbocycles. The van der Waals surface area contributed by atoms with Crippen LogP contribution in [0.5, 0.6) is 0 Å². The van der Waals surface area contributed by atoms with Crippen LogP contribution < -0.4 is 0 Å². The van der Waals surface area contributed by atoms with Gasteiger partial charge in [-0.25, -0.2) is 0 Å². The van der Waals surface area contributed by atoms with E-state index in [0.717, 1.165) is 25.7 Å². The third-order valence-corrected chi connectivity index (χ3v) is 7.35. The normalized spacial score (nSPS) is 34.9. The van der Waals surface area contributed by atoms with Crippen molar-refractivity contribution in [2.45, 2.75) is 50.1 Å². The molecule has 0 radical (unpaired) electrons. The predicted octanol–water partition coefficient (Wildman–Crippen LogP) is 5.29. The standard InChI is InChI=1S/C25H26N2/c1-25-19-12-6-8-14-22(19)27(17-9-3-2-4-10-17)23(25)16-15-21-24(25)18-11-5-7-13-20(18)26-21/h2-3,6-9,12-16,19,22-23,26H,4-5,10-11H2,1H3/t19?,22-,23?,25?/m0/s1. The Labute approximate surface area is 161 Å². The van der Waals surface area contributed by atoms with Gasteiger partial charge in [0.25, 0.3) is 0 Å². The van der Waals surface area contributed by atoms with Crippen LogP contribution in [0, 0.1) is 5.92 Å². The lowest BCUT2D eigenvalue weighted by Crippen LogP contribution is -2.43. The Hall–Kier alpha value is -2.48. The highest BCUT2D eigenvalue weighted by molar-refractivity contribution is 5.69. The first kappa shape index (κ1) is 15.6. The minimum absolute atomic E-state index is 0.104. The van der Waals surface area contributed by atoms with Gasteiger partial charge in [-0.1, -0.05) is 55.5 Å². The molecule has 1 fully saturated rings. The van der Waals surface area contributed by atoms with Crippen molar-refractivity contribution in [1.82, 2.24) is 9.88 Å². The van der Waals surface area contributed by atoms with E-state index in [9.17, 15) is 0 Å². The minimum Gasteiger partial charge on any atom is -0.360 e. The van der Waals surface area contributed by atoms with Crippen molar-refractivity contribution in [1.29, 1.82) is 0 Å². The molecular weight excluding hydrogens is 328 g/mol. The minimum atomic E-state index is 0.104. The van der Waals surface area contributed by atoms with Crippen LogP contribution in [-0.2, 0) is 11.8 Å². The maximum atomic E-state index is 3.72. The molecule has 1 aromatic rings. The van der Waals surface area contributed by atoms with Gasteiger partial charge in [0.2, 0.25) is 0 Å². The van der Waals surface area contributed by atoms with Crippen LogP contribution in [0.3, 0.4) is 0 Å². The number of fused-ring (bicyclic) bond motifs is 7. The van der Waals surface area contributed by atoms with E-state index in [1.54, 1.807) is 11.1 Å². The van der Waals surface area contributed by atoms with Crippen LogP contribution >= 0.6 is 0 Å². The zero-order chi connectivity index (χ0) is 18.0. The zero-order valence-electron chi connectivity index (χ0n) is 15.9. The lowest BCUT2D eigenvalue weighted by molar-refractivity contribution is 0.276.